The summed E-state index contributed by atoms with van der Waals surface area (Å²) in [6.07, 6.45) is 0.268. The minimum absolute atomic E-state index is 0.0200. The molecule has 0 bridgehead atoms. The molecule has 118 valence electrons. The molecule has 1 fully saturated rings. The Labute approximate surface area is 128 Å². The first-order chi connectivity index (χ1) is 9.67. The number of rotatable bonds is 4. The van der Waals surface area contributed by atoms with Crippen LogP contribution in [0.25, 0.3) is 0 Å². The predicted octanol–water partition coefficient (Wildman–Crippen LogP) is 1.68. The van der Waals surface area contributed by atoms with Crippen LogP contribution in [0.1, 0.15) is 13.3 Å². The van der Waals surface area contributed by atoms with Crippen LogP contribution in [0.5, 0.6) is 0 Å². The second-order valence-electron chi connectivity index (χ2n) is 4.84. The van der Waals surface area contributed by atoms with E-state index in [1.54, 1.807) is 6.92 Å². The Morgan fingerprint density at radius 1 is 1.43 bits per heavy atom. The van der Waals surface area contributed by atoms with Gasteiger partial charge in [0.2, 0.25) is 10.0 Å². The van der Waals surface area contributed by atoms with Gasteiger partial charge in [-0.25, -0.2) is 21.2 Å². The van der Waals surface area contributed by atoms with Crippen LogP contribution in [-0.2, 0) is 19.9 Å². The first-order valence-electron chi connectivity index (χ1n) is 6.34. The molecule has 0 radical (unpaired) electrons. The molecule has 2 rings (SSSR count). The molecule has 0 aliphatic carbocycles. The maximum atomic E-state index is 13.2. The zero-order chi connectivity index (χ0) is 15.8. The first kappa shape index (κ1) is 16.7. The zero-order valence-corrected chi connectivity index (χ0v) is 13.7. The lowest BCUT2D eigenvalue weighted by Gasteiger charge is -2.26. The molecule has 0 unspecified atom stereocenters. The fourth-order valence-electron chi connectivity index (χ4n) is 2.40. The lowest BCUT2D eigenvalue weighted by molar-refractivity contribution is 0.354. The summed E-state index contributed by atoms with van der Waals surface area (Å²) in [4.78, 5) is -0.139. The van der Waals surface area contributed by atoms with E-state index in [0.717, 1.165) is 22.5 Å². The maximum Gasteiger partial charge on any atom is 0.243 e. The van der Waals surface area contributed by atoms with E-state index in [1.807, 2.05) is 0 Å². The monoisotopic (exact) mass is 355 g/mol. The van der Waals surface area contributed by atoms with Crippen molar-refractivity contribution in [3.63, 3.8) is 0 Å². The Kier molecular flexibility index (Phi) is 4.63. The van der Waals surface area contributed by atoms with E-state index in [-0.39, 0.29) is 34.4 Å². The summed E-state index contributed by atoms with van der Waals surface area (Å²) in [5.74, 6) is -0.912. The molecule has 1 aromatic carbocycles. The summed E-state index contributed by atoms with van der Waals surface area (Å²) in [6, 6.07) is 2.56. The van der Waals surface area contributed by atoms with Gasteiger partial charge in [0.1, 0.15) is 5.82 Å². The van der Waals surface area contributed by atoms with Crippen molar-refractivity contribution in [1.82, 2.24) is 4.31 Å². The highest BCUT2D eigenvalue weighted by atomic mass is 35.5. The Morgan fingerprint density at radius 2 is 2.10 bits per heavy atom. The van der Waals surface area contributed by atoms with Crippen LogP contribution >= 0.6 is 11.6 Å². The van der Waals surface area contributed by atoms with E-state index in [0.29, 0.717) is 0 Å². The molecular weight excluding hydrogens is 341 g/mol. The average molecular weight is 356 g/mol. The van der Waals surface area contributed by atoms with Gasteiger partial charge < -0.3 is 0 Å². The summed E-state index contributed by atoms with van der Waals surface area (Å²) < 4.78 is 62.5. The van der Waals surface area contributed by atoms with Gasteiger partial charge in [-0.1, -0.05) is 18.5 Å². The Bertz CT molecular complexity index is 749. The summed E-state index contributed by atoms with van der Waals surface area (Å²) in [7, 11) is -7.11. The standard InChI is InChI=1S/C12H15ClFNO4S2/c1-2-15(9-5-6-20(16,17)8-9)21(18,19)10-3-4-12(14)11(13)7-10/h3-4,7,9H,2,5-6,8H2,1H3/t9-/m1/s1. The number of hydrogen-bond acceptors (Lipinski definition) is 4. The number of benzene rings is 1. The molecule has 1 aromatic rings. The fraction of sp³-hybridized carbons (Fsp3) is 0.500. The minimum atomic E-state index is -3.91. The zero-order valence-electron chi connectivity index (χ0n) is 11.3. The Balaban J connectivity index is 2.38. The molecule has 1 atom stereocenters. The van der Waals surface area contributed by atoms with E-state index in [4.69, 9.17) is 11.6 Å². The molecule has 1 aliphatic rings. The highest BCUT2D eigenvalue weighted by Crippen LogP contribution is 2.27. The SMILES string of the molecule is CCN([C@@H]1CCS(=O)(=O)C1)S(=O)(=O)c1ccc(F)c(Cl)c1. The van der Waals surface area contributed by atoms with E-state index in [9.17, 15) is 21.2 Å². The number of sulfonamides is 1. The van der Waals surface area contributed by atoms with Crippen molar-refractivity contribution >= 4 is 31.5 Å². The van der Waals surface area contributed by atoms with Crippen LogP contribution in [0.4, 0.5) is 4.39 Å². The van der Waals surface area contributed by atoms with Crippen molar-refractivity contribution < 1.29 is 21.2 Å². The van der Waals surface area contributed by atoms with Gasteiger partial charge in [-0.3, -0.25) is 0 Å². The molecule has 0 saturated carbocycles. The molecule has 21 heavy (non-hydrogen) atoms. The van der Waals surface area contributed by atoms with Gasteiger partial charge in [-0.15, -0.1) is 0 Å². The van der Waals surface area contributed by atoms with Gasteiger partial charge in [-0.05, 0) is 24.6 Å². The van der Waals surface area contributed by atoms with Crippen molar-refractivity contribution in [2.24, 2.45) is 0 Å². The van der Waals surface area contributed by atoms with Crippen LogP contribution in [0.2, 0.25) is 5.02 Å². The van der Waals surface area contributed by atoms with Gasteiger partial charge >= 0.3 is 0 Å². The molecule has 9 heteroatoms. The lowest BCUT2D eigenvalue weighted by atomic mass is 10.3. The third-order valence-corrected chi connectivity index (χ3v) is 7.49. The fourth-order valence-corrected chi connectivity index (χ4v) is 6.16. The summed E-state index contributed by atoms with van der Waals surface area (Å²) in [5.41, 5.74) is 0. The topological polar surface area (TPSA) is 71.5 Å². The molecule has 0 N–H and O–H groups in total. The smallest absolute Gasteiger partial charge is 0.229 e. The van der Waals surface area contributed by atoms with Crippen molar-refractivity contribution in [3.05, 3.63) is 29.0 Å². The summed E-state index contributed by atoms with van der Waals surface area (Å²) in [6.45, 7) is 1.77. The summed E-state index contributed by atoms with van der Waals surface area (Å²) in [5, 5.41) is -0.286. The van der Waals surface area contributed by atoms with Gasteiger partial charge in [-0.2, -0.15) is 4.31 Å². The minimum Gasteiger partial charge on any atom is -0.229 e. The van der Waals surface area contributed by atoms with Crippen molar-refractivity contribution in [3.8, 4) is 0 Å². The second-order valence-corrected chi connectivity index (χ2v) is 9.37. The highest BCUT2D eigenvalue weighted by Gasteiger charge is 2.38. The van der Waals surface area contributed by atoms with E-state index in [1.165, 1.54) is 0 Å². The molecule has 0 aromatic heterocycles. The molecule has 0 amide bonds. The third-order valence-electron chi connectivity index (χ3n) is 3.42. The van der Waals surface area contributed by atoms with E-state index < -0.39 is 31.7 Å². The van der Waals surface area contributed by atoms with Crippen molar-refractivity contribution in [2.75, 3.05) is 18.1 Å². The van der Waals surface area contributed by atoms with Crippen molar-refractivity contribution in [1.29, 1.82) is 0 Å². The molecule has 0 spiro atoms. The highest BCUT2D eigenvalue weighted by molar-refractivity contribution is 7.92. The van der Waals surface area contributed by atoms with Crippen LogP contribution in [0, 0.1) is 5.82 Å². The maximum absolute atomic E-state index is 13.2. The van der Waals surface area contributed by atoms with Gasteiger partial charge in [0.05, 0.1) is 21.4 Å². The largest absolute Gasteiger partial charge is 0.243 e. The van der Waals surface area contributed by atoms with Gasteiger partial charge in [0, 0.05) is 12.6 Å². The number of nitrogens with zero attached hydrogens (tertiary/aromatic N) is 1. The second kappa shape index (κ2) is 5.83. The average Bonchev–Trinajstić information content (AvgIpc) is 2.73. The Hall–Kier alpha value is -0.700. The normalized spacial score (nSPS) is 21.8. The number of halogens is 2. The summed E-state index contributed by atoms with van der Waals surface area (Å²) >= 11 is 5.62. The van der Waals surface area contributed by atoms with E-state index in [2.05, 4.69) is 0 Å². The molecule has 1 saturated heterocycles. The number of sulfone groups is 1. The molecule has 5 nitrogen and oxygen atoms in total. The van der Waals surface area contributed by atoms with Gasteiger partial charge in [0.15, 0.2) is 9.84 Å². The molecule has 1 aliphatic heterocycles. The van der Waals surface area contributed by atoms with E-state index >= 15 is 0 Å². The van der Waals surface area contributed by atoms with Crippen LogP contribution < -0.4 is 0 Å². The molecule has 1 heterocycles. The number of hydrogen-bond donors (Lipinski definition) is 0. The predicted molar refractivity (Wildman–Crippen MR) is 78.0 cm³/mol. The quantitative estimate of drug-likeness (QED) is 0.823. The lowest BCUT2D eigenvalue weighted by Crippen LogP contribution is -2.40. The van der Waals surface area contributed by atoms with Crippen molar-refractivity contribution in [2.45, 2.75) is 24.3 Å². The third kappa shape index (κ3) is 3.39. The van der Waals surface area contributed by atoms with Crippen LogP contribution in [0.3, 0.4) is 0 Å². The van der Waals surface area contributed by atoms with Gasteiger partial charge in [0.25, 0.3) is 0 Å². The Morgan fingerprint density at radius 3 is 2.57 bits per heavy atom. The first-order valence-corrected chi connectivity index (χ1v) is 9.98. The van der Waals surface area contributed by atoms with Crippen LogP contribution in [0.15, 0.2) is 23.1 Å². The van der Waals surface area contributed by atoms with Crippen LogP contribution in [-0.4, -0.2) is 45.2 Å². The molecular formula is C12H15ClFNO4S2.